The summed E-state index contributed by atoms with van der Waals surface area (Å²) in [6.45, 7) is 12.1. The van der Waals surface area contributed by atoms with E-state index in [0.717, 1.165) is 5.90 Å². The molecule has 0 fully saturated rings. The summed E-state index contributed by atoms with van der Waals surface area (Å²) in [5, 5.41) is 1.53. The Hall–Kier alpha value is -0.833. The van der Waals surface area contributed by atoms with Crippen LogP contribution in [-0.4, -0.2) is 26.1 Å². The monoisotopic (exact) mass is 235 g/mol. The van der Waals surface area contributed by atoms with Crippen molar-refractivity contribution in [2.75, 3.05) is 6.61 Å². The van der Waals surface area contributed by atoms with E-state index >= 15 is 0 Å². The first kappa shape index (κ1) is 11.6. The van der Waals surface area contributed by atoms with Crippen LogP contribution in [0.25, 0.3) is 0 Å². The zero-order chi connectivity index (χ0) is 12.0. The molecule has 0 bridgehead atoms. The Morgan fingerprint density at radius 1 is 1.38 bits per heavy atom. The van der Waals surface area contributed by atoms with Gasteiger partial charge in [-0.25, -0.2) is 4.99 Å². The molecule has 1 aliphatic heterocycles. The SMILES string of the molecule is CC1(C)COC(C2C=CC=C2[Si](C)(C)C)=N1. The minimum Gasteiger partial charge on any atom is -0.478 e. The predicted octanol–water partition coefficient (Wildman–Crippen LogP) is 3.18. The van der Waals surface area contributed by atoms with Crippen molar-refractivity contribution in [2.45, 2.75) is 39.0 Å². The lowest BCUT2D eigenvalue weighted by atomic mass is 10.1. The second-order valence-electron chi connectivity index (χ2n) is 6.29. The number of nitrogens with zero attached hydrogens (tertiary/aromatic N) is 1. The van der Waals surface area contributed by atoms with Crippen molar-refractivity contribution < 1.29 is 4.74 Å². The Bertz CT molecular complexity index is 385. The Balaban J connectivity index is 2.24. The standard InChI is InChI=1S/C13H21NOSi/c1-13(2)9-15-12(14-13)10-7-6-8-11(10)16(3,4)5/h6-8,10H,9H2,1-5H3. The van der Waals surface area contributed by atoms with Gasteiger partial charge in [-0.1, -0.05) is 43.1 Å². The molecule has 0 N–H and O–H groups in total. The van der Waals surface area contributed by atoms with Crippen LogP contribution >= 0.6 is 0 Å². The predicted molar refractivity (Wildman–Crippen MR) is 71.5 cm³/mol. The molecule has 0 aromatic heterocycles. The number of allylic oxidation sites excluding steroid dienone is 2. The molecular formula is C13H21NOSi. The summed E-state index contributed by atoms with van der Waals surface area (Å²) in [5.41, 5.74) is -0.0453. The largest absolute Gasteiger partial charge is 0.478 e. The zero-order valence-corrected chi connectivity index (χ0v) is 11.9. The molecule has 2 nitrogen and oxygen atoms in total. The summed E-state index contributed by atoms with van der Waals surface area (Å²) < 4.78 is 5.76. The van der Waals surface area contributed by atoms with E-state index in [9.17, 15) is 0 Å². The fraction of sp³-hybridized carbons (Fsp3) is 0.615. The average Bonchev–Trinajstić information content (AvgIpc) is 2.68. The van der Waals surface area contributed by atoms with Crippen LogP contribution in [0.15, 0.2) is 28.4 Å². The van der Waals surface area contributed by atoms with E-state index in [1.54, 1.807) is 0 Å². The summed E-state index contributed by atoms with van der Waals surface area (Å²) in [4.78, 5) is 4.69. The molecule has 0 aromatic carbocycles. The Kier molecular flexibility index (Phi) is 2.61. The number of hydrogen-bond acceptors (Lipinski definition) is 2. The third-order valence-corrected chi connectivity index (χ3v) is 5.24. The highest BCUT2D eigenvalue weighted by Crippen LogP contribution is 2.33. The molecule has 1 heterocycles. The van der Waals surface area contributed by atoms with Crippen LogP contribution < -0.4 is 0 Å². The van der Waals surface area contributed by atoms with E-state index in [2.05, 4.69) is 51.7 Å². The van der Waals surface area contributed by atoms with Crippen molar-refractivity contribution in [1.29, 1.82) is 0 Å². The van der Waals surface area contributed by atoms with E-state index < -0.39 is 8.07 Å². The van der Waals surface area contributed by atoms with Crippen molar-refractivity contribution in [3.05, 3.63) is 23.4 Å². The molecule has 2 rings (SSSR count). The normalized spacial score (nSPS) is 27.7. The Labute approximate surface area is 99.1 Å². The van der Waals surface area contributed by atoms with Crippen molar-refractivity contribution in [3.8, 4) is 0 Å². The number of ether oxygens (including phenoxy) is 1. The lowest BCUT2D eigenvalue weighted by Gasteiger charge is -2.24. The molecule has 0 spiro atoms. The van der Waals surface area contributed by atoms with Gasteiger partial charge < -0.3 is 4.74 Å². The van der Waals surface area contributed by atoms with Gasteiger partial charge in [0.05, 0.1) is 19.5 Å². The van der Waals surface area contributed by atoms with Crippen LogP contribution in [0.5, 0.6) is 0 Å². The Morgan fingerprint density at radius 2 is 2.06 bits per heavy atom. The van der Waals surface area contributed by atoms with Gasteiger partial charge in [0.2, 0.25) is 0 Å². The van der Waals surface area contributed by atoms with Crippen molar-refractivity contribution in [1.82, 2.24) is 0 Å². The molecule has 1 aliphatic carbocycles. The maximum atomic E-state index is 5.76. The van der Waals surface area contributed by atoms with Crippen molar-refractivity contribution in [3.63, 3.8) is 0 Å². The first-order chi connectivity index (χ1) is 7.30. The molecule has 3 heteroatoms. The maximum Gasteiger partial charge on any atom is 0.194 e. The van der Waals surface area contributed by atoms with Crippen LogP contribution in [0.4, 0.5) is 0 Å². The zero-order valence-electron chi connectivity index (χ0n) is 10.9. The van der Waals surface area contributed by atoms with Crippen LogP contribution in [0.2, 0.25) is 19.6 Å². The van der Waals surface area contributed by atoms with E-state index in [1.807, 2.05) is 0 Å². The lowest BCUT2D eigenvalue weighted by Crippen LogP contribution is -2.31. The highest BCUT2D eigenvalue weighted by Gasteiger charge is 2.36. The van der Waals surface area contributed by atoms with Crippen LogP contribution in [0.3, 0.4) is 0 Å². The molecule has 0 saturated carbocycles. The number of rotatable bonds is 2. The molecule has 0 amide bonds. The maximum absolute atomic E-state index is 5.76. The average molecular weight is 235 g/mol. The van der Waals surface area contributed by atoms with Crippen molar-refractivity contribution in [2.24, 2.45) is 10.9 Å². The molecule has 1 atom stereocenters. The van der Waals surface area contributed by atoms with Gasteiger partial charge in [0.1, 0.15) is 6.61 Å². The highest BCUT2D eigenvalue weighted by molar-refractivity contribution is 6.83. The second kappa shape index (κ2) is 3.59. The minimum atomic E-state index is -1.26. The first-order valence-electron chi connectivity index (χ1n) is 5.91. The Morgan fingerprint density at radius 3 is 2.56 bits per heavy atom. The summed E-state index contributed by atoms with van der Waals surface area (Å²) in [5.74, 6) is 1.24. The van der Waals surface area contributed by atoms with Gasteiger partial charge in [0, 0.05) is 0 Å². The van der Waals surface area contributed by atoms with Gasteiger partial charge in [-0.15, -0.1) is 0 Å². The third kappa shape index (κ3) is 2.14. The van der Waals surface area contributed by atoms with Gasteiger partial charge >= 0.3 is 0 Å². The summed E-state index contributed by atoms with van der Waals surface area (Å²) in [7, 11) is -1.26. The van der Waals surface area contributed by atoms with Crippen molar-refractivity contribution >= 4 is 14.0 Å². The van der Waals surface area contributed by atoms with Gasteiger partial charge in [0.25, 0.3) is 0 Å². The van der Waals surface area contributed by atoms with E-state index in [-0.39, 0.29) is 5.54 Å². The summed E-state index contributed by atoms with van der Waals surface area (Å²) in [6.07, 6.45) is 6.62. The quantitative estimate of drug-likeness (QED) is 0.674. The third-order valence-electron chi connectivity index (χ3n) is 3.03. The molecule has 0 aromatic rings. The highest BCUT2D eigenvalue weighted by atomic mass is 28.3. The fourth-order valence-electron chi connectivity index (χ4n) is 2.18. The minimum absolute atomic E-state index is 0.0453. The lowest BCUT2D eigenvalue weighted by molar-refractivity contribution is 0.271. The smallest absolute Gasteiger partial charge is 0.194 e. The molecule has 0 radical (unpaired) electrons. The fourth-order valence-corrected chi connectivity index (χ4v) is 3.93. The van der Waals surface area contributed by atoms with Gasteiger partial charge in [-0.05, 0) is 13.8 Å². The van der Waals surface area contributed by atoms with Gasteiger partial charge in [-0.3, -0.25) is 0 Å². The van der Waals surface area contributed by atoms with Gasteiger partial charge in [0.15, 0.2) is 5.90 Å². The van der Waals surface area contributed by atoms with Gasteiger partial charge in [-0.2, -0.15) is 0 Å². The van der Waals surface area contributed by atoms with Crippen LogP contribution in [0, 0.1) is 5.92 Å². The molecule has 16 heavy (non-hydrogen) atoms. The molecule has 88 valence electrons. The topological polar surface area (TPSA) is 21.6 Å². The van der Waals surface area contributed by atoms with Crippen LogP contribution in [0.1, 0.15) is 13.8 Å². The molecular weight excluding hydrogens is 214 g/mol. The second-order valence-corrected chi connectivity index (χ2v) is 11.4. The van der Waals surface area contributed by atoms with Crippen LogP contribution in [-0.2, 0) is 4.74 Å². The number of aliphatic imine (C=N–C) groups is 1. The summed E-state index contributed by atoms with van der Waals surface area (Å²) in [6, 6.07) is 0. The first-order valence-corrected chi connectivity index (χ1v) is 9.41. The summed E-state index contributed by atoms with van der Waals surface area (Å²) >= 11 is 0. The molecule has 0 saturated heterocycles. The molecule has 1 unspecified atom stereocenters. The molecule has 2 aliphatic rings. The van der Waals surface area contributed by atoms with E-state index in [4.69, 9.17) is 9.73 Å². The van der Waals surface area contributed by atoms with E-state index in [0.29, 0.717) is 12.5 Å². The van der Waals surface area contributed by atoms with E-state index in [1.165, 1.54) is 5.20 Å². The number of hydrogen-bond donors (Lipinski definition) is 0.